The molecule has 2 heterocycles. The number of fused-ring (bicyclic) bond motifs is 1. The highest BCUT2D eigenvalue weighted by atomic mass is 32.2. The summed E-state index contributed by atoms with van der Waals surface area (Å²) < 4.78 is 28.4. The first-order chi connectivity index (χ1) is 9.45. The van der Waals surface area contributed by atoms with E-state index in [-0.39, 0.29) is 10.8 Å². The quantitative estimate of drug-likeness (QED) is 0.805. The van der Waals surface area contributed by atoms with Gasteiger partial charge in [-0.3, -0.25) is 0 Å². The summed E-state index contributed by atoms with van der Waals surface area (Å²) in [5, 5.41) is 6.04. The Morgan fingerprint density at radius 2 is 1.90 bits per heavy atom. The predicted octanol–water partition coefficient (Wildman–Crippen LogP) is 2.21. The van der Waals surface area contributed by atoms with E-state index in [2.05, 4.69) is 14.8 Å². The zero-order valence-electron chi connectivity index (χ0n) is 10.9. The number of aromatic nitrogens is 3. The van der Waals surface area contributed by atoms with Gasteiger partial charge in [-0.2, -0.15) is 4.98 Å². The number of anilines is 1. The maximum Gasteiger partial charge on any atom is 0.264 e. The highest BCUT2D eigenvalue weighted by Crippen LogP contribution is 2.18. The molecule has 0 radical (unpaired) electrons. The molecular formula is C12H12N4O2S2. The third kappa shape index (κ3) is 2.27. The van der Waals surface area contributed by atoms with E-state index >= 15 is 0 Å². The summed E-state index contributed by atoms with van der Waals surface area (Å²) in [6.45, 7) is 3.79. The van der Waals surface area contributed by atoms with Gasteiger partial charge < -0.3 is 0 Å². The summed E-state index contributed by atoms with van der Waals surface area (Å²) >= 11 is 1.41. The molecule has 3 rings (SSSR count). The van der Waals surface area contributed by atoms with Crippen molar-refractivity contribution in [1.82, 2.24) is 14.6 Å². The number of benzene rings is 1. The minimum Gasteiger partial charge on any atom is -0.246 e. The van der Waals surface area contributed by atoms with Crippen LogP contribution < -0.4 is 4.72 Å². The van der Waals surface area contributed by atoms with Crippen molar-refractivity contribution in [2.45, 2.75) is 18.7 Å². The van der Waals surface area contributed by atoms with Crippen LogP contribution in [0.15, 0.2) is 34.5 Å². The molecular weight excluding hydrogens is 296 g/mol. The van der Waals surface area contributed by atoms with Crippen molar-refractivity contribution < 1.29 is 8.42 Å². The molecule has 0 amide bonds. The Morgan fingerprint density at radius 3 is 2.55 bits per heavy atom. The minimum atomic E-state index is -3.65. The zero-order valence-corrected chi connectivity index (χ0v) is 12.5. The summed E-state index contributed by atoms with van der Waals surface area (Å²) in [7, 11) is -3.65. The molecule has 0 aliphatic rings. The molecule has 0 unspecified atom stereocenters. The van der Waals surface area contributed by atoms with Crippen LogP contribution in [0.2, 0.25) is 0 Å². The van der Waals surface area contributed by atoms with Gasteiger partial charge in [0.25, 0.3) is 16.0 Å². The van der Waals surface area contributed by atoms with E-state index in [1.165, 1.54) is 11.3 Å². The molecule has 8 heteroatoms. The number of hydrogen-bond donors (Lipinski definition) is 1. The topological polar surface area (TPSA) is 76.4 Å². The monoisotopic (exact) mass is 308 g/mol. The fourth-order valence-corrected chi connectivity index (χ4v) is 3.47. The lowest BCUT2D eigenvalue weighted by molar-refractivity contribution is 0.600. The van der Waals surface area contributed by atoms with E-state index in [9.17, 15) is 8.42 Å². The molecule has 1 N–H and O–H groups in total. The van der Waals surface area contributed by atoms with Gasteiger partial charge in [-0.15, -0.1) is 16.4 Å². The van der Waals surface area contributed by atoms with Crippen LogP contribution in [0.5, 0.6) is 0 Å². The summed E-state index contributed by atoms with van der Waals surface area (Å²) in [6.07, 6.45) is 0. The second-order valence-electron chi connectivity index (χ2n) is 4.43. The lowest BCUT2D eigenvalue weighted by Gasteiger charge is -2.04. The first kappa shape index (κ1) is 13.1. The number of thiazole rings is 1. The van der Waals surface area contributed by atoms with Crippen molar-refractivity contribution in [2.75, 3.05) is 4.72 Å². The van der Waals surface area contributed by atoms with Crippen molar-refractivity contribution in [2.24, 2.45) is 0 Å². The molecule has 104 valence electrons. The Morgan fingerprint density at radius 1 is 1.20 bits per heavy atom. The summed E-state index contributed by atoms with van der Waals surface area (Å²) in [4.78, 5) is 4.99. The first-order valence-electron chi connectivity index (χ1n) is 5.86. The van der Waals surface area contributed by atoms with Crippen LogP contribution in [-0.2, 0) is 10.0 Å². The summed E-state index contributed by atoms with van der Waals surface area (Å²) in [5.41, 5.74) is 1.92. The Kier molecular flexibility index (Phi) is 2.98. The molecule has 0 fully saturated rings. The molecule has 0 bridgehead atoms. The molecule has 0 spiro atoms. The van der Waals surface area contributed by atoms with Crippen LogP contribution in [0.25, 0.3) is 4.96 Å². The maximum atomic E-state index is 12.2. The molecule has 1 aromatic carbocycles. The second-order valence-corrected chi connectivity index (χ2v) is 6.94. The van der Waals surface area contributed by atoms with E-state index < -0.39 is 10.0 Å². The second kappa shape index (κ2) is 4.57. The van der Waals surface area contributed by atoms with E-state index in [0.29, 0.717) is 4.96 Å². The normalized spacial score (nSPS) is 11.9. The van der Waals surface area contributed by atoms with Crippen LogP contribution >= 0.6 is 11.3 Å². The number of nitrogens with zero attached hydrogens (tertiary/aromatic N) is 3. The summed E-state index contributed by atoms with van der Waals surface area (Å²) in [5.74, 6) is 0.0838. The number of sulfonamides is 1. The average Bonchev–Trinajstić information content (AvgIpc) is 2.92. The van der Waals surface area contributed by atoms with Crippen molar-refractivity contribution in [3.63, 3.8) is 0 Å². The van der Waals surface area contributed by atoms with Crippen LogP contribution in [0.3, 0.4) is 0 Å². The third-order valence-electron chi connectivity index (χ3n) is 2.80. The van der Waals surface area contributed by atoms with Gasteiger partial charge in [0, 0.05) is 5.38 Å². The molecule has 3 aromatic rings. The van der Waals surface area contributed by atoms with Crippen molar-refractivity contribution in [1.29, 1.82) is 0 Å². The summed E-state index contributed by atoms with van der Waals surface area (Å²) in [6, 6.07) is 6.61. The van der Waals surface area contributed by atoms with Crippen molar-refractivity contribution >= 4 is 32.3 Å². The number of hydrogen-bond acceptors (Lipinski definition) is 5. The first-order valence-corrected chi connectivity index (χ1v) is 8.22. The SMILES string of the molecule is Cc1ccc(S(=O)(=O)Nc2nc3scc(C)n3n2)cc1. The fourth-order valence-electron chi connectivity index (χ4n) is 1.73. The Balaban J connectivity index is 1.94. The number of aryl methyl sites for hydroxylation is 2. The highest BCUT2D eigenvalue weighted by Gasteiger charge is 2.17. The molecule has 6 nitrogen and oxygen atoms in total. The lowest BCUT2D eigenvalue weighted by atomic mass is 10.2. The van der Waals surface area contributed by atoms with Gasteiger partial charge in [0.05, 0.1) is 10.6 Å². The maximum absolute atomic E-state index is 12.2. The standard InChI is InChI=1S/C12H12N4O2S2/c1-8-3-5-10(6-4-8)20(17,18)15-11-13-12-16(14-11)9(2)7-19-12/h3-7H,1-2H3,(H,14,15). The van der Waals surface area contributed by atoms with E-state index in [0.717, 1.165) is 11.3 Å². The van der Waals surface area contributed by atoms with Crippen LogP contribution in [0, 0.1) is 13.8 Å². The predicted molar refractivity (Wildman–Crippen MR) is 77.6 cm³/mol. The van der Waals surface area contributed by atoms with E-state index in [1.54, 1.807) is 28.8 Å². The number of nitrogens with one attached hydrogen (secondary N) is 1. The van der Waals surface area contributed by atoms with Crippen LogP contribution in [0.4, 0.5) is 5.95 Å². The Hall–Kier alpha value is -1.93. The van der Waals surface area contributed by atoms with E-state index in [4.69, 9.17) is 0 Å². The lowest BCUT2D eigenvalue weighted by Crippen LogP contribution is -2.14. The smallest absolute Gasteiger partial charge is 0.246 e. The Bertz CT molecular complexity index is 863. The zero-order chi connectivity index (χ0) is 14.3. The highest BCUT2D eigenvalue weighted by molar-refractivity contribution is 7.92. The van der Waals surface area contributed by atoms with Gasteiger partial charge in [0.1, 0.15) is 0 Å². The van der Waals surface area contributed by atoms with Crippen molar-refractivity contribution in [3.8, 4) is 0 Å². The largest absolute Gasteiger partial charge is 0.264 e. The minimum absolute atomic E-state index is 0.0838. The van der Waals surface area contributed by atoms with Crippen LogP contribution in [-0.4, -0.2) is 23.0 Å². The molecule has 0 aliphatic carbocycles. The van der Waals surface area contributed by atoms with Crippen molar-refractivity contribution in [3.05, 3.63) is 40.9 Å². The van der Waals surface area contributed by atoms with E-state index in [1.807, 2.05) is 19.2 Å². The Labute approximate surface area is 120 Å². The van der Waals surface area contributed by atoms with Gasteiger partial charge in [0.15, 0.2) is 0 Å². The third-order valence-corrected chi connectivity index (χ3v) is 5.08. The van der Waals surface area contributed by atoms with Crippen LogP contribution in [0.1, 0.15) is 11.3 Å². The fraction of sp³-hybridized carbons (Fsp3) is 0.167. The molecule has 0 aliphatic heterocycles. The molecule has 0 saturated heterocycles. The average molecular weight is 308 g/mol. The molecule has 0 saturated carbocycles. The van der Waals surface area contributed by atoms with Gasteiger partial charge >= 0.3 is 0 Å². The van der Waals surface area contributed by atoms with Gasteiger partial charge in [-0.05, 0) is 26.0 Å². The van der Waals surface area contributed by atoms with Gasteiger partial charge in [-0.25, -0.2) is 17.7 Å². The molecule has 20 heavy (non-hydrogen) atoms. The van der Waals surface area contributed by atoms with Gasteiger partial charge in [0.2, 0.25) is 4.96 Å². The molecule has 2 aromatic heterocycles. The number of rotatable bonds is 3. The molecule has 0 atom stereocenters. The van der Waals surface area contributed by atoms with Gasteiger partial charge in [-0.1, -0.05) is 17.7 Å².